The largest absolute Gasteiger partial charge is 0.326 e. The van der Waals surface area contributed by atoms with Gasteiger partial charge in [0.05, 0.1) is 10.7 Å². The molecule has 2 amide bonds. The minimum Gasteiger partial charge on any atom is -0.326 e. The molecule has 0 fully saturated rings. The van der Waals surface area contributed by atoms with Gasteiger partial charge in [-0.15, -0.1) is 0 Å². The minimum absolute atomic E-state index is 0.148. The van der Waals surface area contributed by atoms with Crippen molar-refractivity contribution in [2.45, 2.75) is 27.2 Å². The summed E-state index contributed by atoms with van der Waals surface area (Å²) in [6, 6.07) is 10.6. The maximum atomic E-state index is 12.2. The second-order valence-corrected chi connectivity index (χ2v) is 6.71. The van der Waals surface area contributed by atoms with Gasteiger partial charge in [-0.2, -0.15) is 0 Å². The number of hydrogen-bond acceptors (Lipinski definition) is 2. The van der Waals surface area contributed by atoms with E-state index in [0.717, 1.165) is 16.8 Å². The zero-order valence-electron chi connectivity index (χ0n) is 14.4. The van der Waals surface area contributed by atoms with Gasteiger partial charge in [-0.05, 0) is 55.3 Å². The first kappa shape index (κ1) is 19.3. The second kappa shape index (κ2) is 8.37. The molecule has 0 saturated carbocycles. The summed E-state index contributed by atoms with van der Waals surface area (Å²) in [4.78, 5) is 25.6. The van der Waals surface area contributed by atoms with E-state index in [4.69, 9.17) is 23.2 Å². The van der Waals surface area contributed by atoms with Gasteiger partial charge >= 0.3 is 0 Å². The molecule has 0 radical (unpaired) electrons. The molecular formula is C19H20Cl2N2O2. The van der Waals surface area contributed by atoms with Crippen LogP contribution in [0.1, 0.15) is 24.5 Å². The molecule has 4 nitrogen and oxygen atoms in total. The summed E-state index contributed by atoms with van der Waals surface area (Å²) in [5.74, 6) is -0.379. The van der Waals surface area contributed by atoms with E-state index in [1.165, 1.54) is 11.8 Å². The molecule has 1 N–H and O–H groups in total. The van der Waals surface area contributed by atoms with E-state index in [9.17, 15) is 9.59 Å². The van der Waals surface area contributed by atoms with Crippen LogP contribution in [0.2, 0.25) is 10.0 Å². The number of rotatable bonds is 5. The fourth-order valence-corrected chi connectivity index (χ4v) is 2.78. The lowest BCUT2D eigenvalue weighted by atomic mass is 10.1. The average Bonchev–Trinajstić information content (AvgIpc) is 2.54. The molecule has 25 heavy (non-hydrogen) atoms. The third-order valence-corrected chi connectivity index (χ3v) is 4.49. The first-order chi connectivity index (χ1) is 11.8. The Morgan fingerprint density at radius 1 is 1.04 bits per heavy atom. The fraction of sp³-hybridized carbons (Fsp3) is 0.263. The highest BCUT2D eigenvalue weighted by molar-refractivity contribution is 6.35. The van der Waals surface area contributed by atoms with Gasteiger partial charge in [-0.3, -0.25) is 9.59 Å². The normalized spacial score (nSPS) is 10.4. The molecule has 0 aromatic heterocycles. The van der Waals surface area contributed by atoms with Crippen LogP contribution < -0.4 is 10.2 Å². The van der Waals surface area contributed by atoms with E-state index in [1.54, 1.807) is 18.2 Å². The third-order valence-electron chi connectivity index (χ3n) is 3.93. The molecule has 0 spiro atoms. The van der Waals surface area contributed by atoms with Crippen molar-refractivity contribution in [2.24, 2.45) is 0 Å². The quantitative estimate of drug-likeness (QED) is 0.796. The van der Waals surface area contributed by atoms with Crippen LogP contribution >= 0.6 is 23.2 Å². The monoisotopic (exact) mass is 378 g/mol. The molecule has 0 unspecified atom stereocenters. The van der Waals surface area contributed by atoms with Gasteiger partial charge in [0.15, 0.2) is 0 Å². The van der Waals surface area contributed by atoms with Crippen LogP contribution in [-0.2, 0) is 9.59 Å². The molecule has 132 valence electrons. The predicted octanol–water partition coefficient (Wildman–Crippen LogP) is 4.99. The van der Waals surface area contributed by atoms with Crippen molar-refractivity contribution < 1.29 is 9.59 Å². The highest BCUT2D eigenvalue weighted by atomic mass is 35.5. The van der Waals surface area contributed by atoms with Crippen LogP contribution in [-0.4, -0.2) is 18.4 Å². The number of halogens is 2. The number of hydrogen-bond donors (Lipinski definition) is 1. The molecule has 2 rings (SSSR count). The first-order valence-electron chi connectivity index (χ1n) is 7.88. The molecule has 0 bridgehead atoms. The maximum Gasteiger partial charge on any atom is 0.226 e. The highest BCUT2D eigenvalue weighted by Crippen LogP contribution is 2.29. The van der Waals surface area contributed by atoms with Crippen molar-refractivity contribution in [1.29, 1.82) is 0 Å². The van der Waals surface area contributed by atoms with Crippen molar-refractivity contribution in [1.82, 2.24) is 0 Å². The van der Waals surface area contributed by atoms with Crippen LogP contribution in [0.3, 0.4) is 0 Å². The molecule has 0 aliphatic rings. The zero-order chi connectivity index (χ0) is 18.6. The Balaban J connectivity index is 2.05. The van der Waals surface area contributed by atoms with Crippen molar-refractivity contribution in [3.8, 4) is 0 Å². The summed E-state index contributed by atoms with van der Waals surface area (Å²) >= 11 is 12.1. The van der Waals surface area contributed by atoms with Crippen molar-refractivity contribution in [3.63, 3.8) is 0 Å². The topological polar surface area (TPSA) is 49.4 Å². The van der Waals surface area contributed by atoms with Crippen molar-refractivity contribution in [3.05, 3.63) is 57.6 Å². The lowest BCUT2D eigenvalue weighted by molar-refractivity contribution is -0.117. The molecule has 0 saturated heterocycles. The van der Waals surface area contributed by atoms with Gasteiger partial charge in [0.2, 0.25) is 11.8 Å². The van der Waals surface area contributed by atoms with E-state index < -0.39 is 0 Å². The number of nitrogens with zero attached hydrogens (tertiary/aromatic N) is 1. The van der Waals surface area contributed by atoms with Crippen molar-refractivity contribution >= 4 is 46.4 Å². The SMILES string of the molecule is CC(=O)N(CCC(=O)Nc1ccc(C)c(C)c1)c1cc(Cl)ccc1Cl. The fourth-order valence-electron chi connectivity index (χ4n) is 2.40. The van der Waals surface area contributed by atoms with Gasteiger partial charge in [0, 0.05) is 30.6 Å². The Hall–Kier alpha value is -2.04. The number of anilines is 2. The second-order valence-electron chi connectivity index (χ2n) is 5.86. The molecule has 6 heteroatoms. The lowest BCUT2D eigenvalue weighted by Crippen LogP contribution is -2.32. The van der Waals surface area contributed by atoms with Gasteiger partial charge in [-0.25, -0.2) is 0 Å². The molecule has 0 aliphatic carbocycles. The molecular weight excluding hydrogens is 359 g/mol. The average molecular weight is 379 g/mol. The summed E-state index contributed by atoms with van der Waals surface area (Å²) in [6.07, 6.45) is 0.148. The number of aryl methyl sites for hydroxylation is 2. The summed E-state index contributed by atoms with van der Waals surface area (Å²) < 4.78 is 0. The number of benzene rings is 2. The van der Waals surface area contributed by atoms with Gasteiger partial charge < -0.3 is 10.2 Å². The third kappa shape index (κ3) is 5.21. The summed E-state index contributed by atoms with van der Waals surface area (Å²) in [7, 11) is 0. The van der Waals surface area contributed by atoms with Gasteiger partial charge in [-0.1, -0.05) is 29.3 Å². The van der Waals surface area contributed by atoms with E-state index in [-0.39, 0.29) is 24.8 Å². The zero-order valence-corrected chi connectivity index (χ0v) is 15.9. The summed E-state index contributed by atoms with van der Waals surface area (Å²) in [5.41, 5.74) is 3.51. The van der Waals surface area contributed by atoms with E-state index in [0.29, 0.717) is 15.7 Å². The van der Waals surface area contributed by atoms with Crippen LogP contribution in [0.25, 0.3) is 0 Å². The van der Waals surface area contributed by atoms with Gasteiger partial charge in [0.1, 0.15) is 0 Å². The number of nitrogens with one attached hydrogen (secondary N) is 1. The van der Waals surface area contributed by atoms with Crippen LogP contribution in [0, 0.1) is 13.8 Å². The Bertz CT molecular complexity index is 806. The Kier molecular flexibility index (Phi) is 6.45. The molecule has 0 heterocycles. The molecule has 0 atom stereocenters. The standard InChI is InChI=1S/C19H20Cl2N2O2/c1-12-4-6-16(10-13(12)2)22-19(25)8-9-23(14(3)24)18-11-15(20)5-7-17(18)21/h4-7,10-11H,8-9H2,1-3H3,(H,22,25). The Morgan fingerprint density at radius 3 is 2.40 bits per heavy atom. The van der Waals surface area contributed by atoms with E-state index in [1.807, 2.05) is 32.0 Å². The van der Waals surface area contributed by atoms with Crippen LogP contribution in [0.4, 0.5) is 11.4 Å². The van der Waals surface area contributed by atoms with Crippen LogP contribution in [0.15, 0.2) is 36.4 Å². The molecule has 2 aromatic rings. The number of amides is 2. The van der Waals surface area contributed by atoms with Crippen molar-refractivity contribution in [2.75, 3.05) is 16.8 Å². The Labute approximate surface area is 157 Å². The number of carbonyl (C=O) groups is 2. The van der Waals surface area contributed by atoms with Gasteiger partial charge in [0.25, 0.3) is 0 Å². The summed E-state index contributed by atoms with van der Waals surface area (Å²) in [6.45, 7) is 5.65. The Morgan fingerprint density at radius 2 is 1.76 bits per heavy atom. The van der Waals surface area contributed by atoms with E-state index in [2.05, 4.69) is 5.32 Å². The maximum absolute atomic E-state index is 12.2. The van der Waals surface area contributed by atoms with E-state index >= 15 is 0 Å². The molecule has 0 aliphatic heterocycles. The smallest absolute Gasteiger partial charge is 0.226 e. The lowest BCUT2D eigenvalue weighted by Gasteiger charge is -2.22. The highest BCUT2D eigenvalue weighted by Gasteiger charge is 2.17. The minimum atomic E-state index is -0.205. The number of carbonyl (C=O) groups excluding carboxylic acids is 2. The molecule has 2 aromatic carbocycles. The first-order valence-corrected chi connectivity index (χ1v) is 8.64. The summed E-state index contributed by atoms with van der Waals surface area (Å²) in [5, 5.41) is 3.73. The van der Waals surface area contributed by atoms with Crippen LogP contribution in [0.5, 0.6) is 0 Å². The predicted molar refractivity (Wildman–Crippen MR) is 104 cm³/mol.